The average Bonchev–Trinajstić information content (AvgIpc) is 3.04. The first-order valence-corrected chi connectivity index (χ1v) is 9.23. The molecule has 130 valence electrons. The Morgan fingerprint density at radius 3 is 3.00 bits per heavy atom. The topological polar surface area (TPSA) is 80.3 Å². The number of rotatable bonds is 2. The number of aryl methyl sites for hydroxylation is 2. The number of aromatic nitrogens is 1. The summed E-state index contributed by atoms with van der Waals surface area (Å²) in [6.07, 6.45) is 4.43. The molecule has 2 amide bonds. The molecule has 0 saturated carbocycles. The lowest BCUT2D eigenvalue weighted by Gasteiger charge is -2.24. The highest BCUT2D eigenvalue weighted by atomic mass is 32.1. The molecule has 1 aliphatic carbocycles. The van der Waals surface area contributed by atoms with Crippen molar-refractivity contribution in [2.24, 2.45) is 0 Å². The Kier molecular flexibility index (Phi) is 4.17. The van der Waals surface area contributed by atoms with Gasteiger partial charge in [0.2, 0.25) is 5.91 Å². The number of anilines is 2. The highest BCUT2D eigenvalue weighted by molar-refractivity contribution is 7.11. The van der Waals surface area contributed by atoms with Gasteiger partial charge in [-0.25, -0.2) is 9.78 Å². The number of methoxy groups -OCH3 is 1. The third-order valence-electron chi connectivity index (χ3n) is 4.68. The molecular formula is C18H19N3O3S. The Labute approximate surface area is 149 Å². The number of carbonyl (C=O) groups excluding carboxylic acids is 2. The molecule has 0 radical (unpaired) electrons. The number of ether oxygens (including phenoxy) is 1. The Morgan fingerprint density at radius 2 is 2.20 bits per heavy atom. The molecule has 7 heteroatoms. The average molecular weight is 357 g/mol. The molecule has 6 nitrogen and oxygen atoms in total. The molecule has 2 aliphatic rings. The molecule has 2 aromatic rings. The summed E-state index contributed by atoms with van der Waals surface area (Å²) in [7, 11) is 1.32. The Morgan fingerprint density at radius 1 is 1.36 bits per heavy atom. The summed E-state index contributed by atoms with van der Waals surface area (Å²) in [6, 6.07) is 5.54. The predicted molar refractivity (Wildman–Crippen MR) is 96.3 cm³/mol. The minimum atomic E-state index is -0.536. The minimum absolute atomic E-state index is 0.0217. The van der Waals surface area contributed by atoms with Crippen LogP contribution in [0.3, 0.4) is 0 Å². The second-order valence-corrected chi connectivity index (χ2v) is 7.47. The number of carbonyl (C=O) groups is 2. The molecule has 25 heavy (non-hydrogen) atoms. The van der Waals surface area contributed by atoms with Gasteiger partial charge >= 0.3 is 6.09 Å². The van der Waals surface area contributed by atoms with Gasteiger partial charge in [0.25, 0.3) is 0 Å². The van der Waals surface area contributed by atoms with Crippen LogP contribution in [0.4, 0.5) is 16.2 Å². The lowest BCUT2D eigenvalue weighted by Crippen LogP contribution is -2.24. The van der Waals surface area contributed by atoms with Gasteiger partial charge in [0.1, 0.15) is 5.01 Å². The fourth-order valence-electron chi connectivity index (χ4n) is 3.45. The van der Waals surface area contributed by atoms with Crippen molar-refractivity contribution in [1.29, 1.82) is 0 Å². The van der Waals surface area contributed by atoms with Crippen LogP contribution >= 0.6 is 11.3 Å². The van der Waals surface area contributed by atoms with E-state index in [4.69, 9.17) is 4.98 Å². The van der Waals surface area contributed by atoms with Crippen molar-refractivity contribution in [3.63, 3.8) is 0 Å². The summed E-state index contributed by atoms with van der Waals surface area (Å²) in [4.78, 5) is 29.8. The summed E-state index contributed by atoms with van der Waals surface area (Å²) in [5.41, 5.74) is 3.57. The van der Waals surface area contributed by atoms with Gasteiger partial charge in [0.05, 0.1) is 12.8 Å². The van der Waals surface area contributed by atoms with Gasteiger partial charge in [-0.3, -0.25) is 10.1 Å². The zero-order valence-electron chi connectivity index (χ0n) is 13.9. The fourth-order valence-corrected chi connectivity index (χ4v) is 4.73. The van der Waals surface area contributed by atoms with Gasteiger partial charge in [-0.1, -0.05) is 6.07 Å². The molecule has 0 saturated heterocycles. The second kappa shape index (κ2) is 6.48. The summed E-state index contributed by atoms with van der Waals surface area (Å²) < 4.78 is 4.61. The van der Waals surface area contributed by atoms with E-state index in [0.29, 0.717) is 12.1 Å². The first-order valence-electron chi connectivity index (χ1n) is 8.41. The molecule has 1 atom stereocenters. The number of benzene rings is 1. The summed E-state index contributed by atoms with van der Waals surface area (Å²) in [5.74, 6) is -0.0487. The third-order valence-corrected chi connectivity index (χ3v) is 5.96. The van der Waals surface area contributed by atoms with Crippen LogP contribution in [-0.4, -0.2) is 24.1 Å². The lowest BCUT2D eigenvalue weighted by atomic mass is 9.90. The lowest BCUT2D eigenvalue weighted by molar-refractivity contribution is -0.116. The number of thiazole rings is 1. The fraction of sp³-hybridized carbons (Fsp3) is 0.389. The van der Waals surface area contributed by atoms with E-state index in [-0.39, 0.29) is 11.8 Å². The quantitative estimate of drug-likeness (QED) is 0.859. The van der Waals surface area contributed by atoms with E-state index >= 15 is 0 Å². The first-order chi connectivity index (χ1) is 12.1. The largest absolute Gasteiger partial charge is 0.453 e. The highest BCUT2D eigenvalue weighted by Gasteiger charge is 2.30. The maximum atomic E-state index is 12.2. The van der Waals surface area contributed by atoms with Crippen molar-refractivity contribution in [1.82, 2.24) is 4.98 Å². The van der Waals surface area contributed by atoms with E-state index in [0.717, 1.165) is 29.1 Å². The molecular weight excluding hydrogens is 338 g/mol. The van der Waals surface area contributed by atoms with E-state index in [1.807, 2.05) is 12.1 Å². The summed E-state index contributed by atoms with van der Waals surface area (Å²) in [6.45, 7) is 0. The van der Waals surface area contributed by atoms with E-state index in [1.165, 1.54) is 30.5 Å². The number of amides is 2. The van der Waals surface area contributed by atoms with Crippen molar-refractivity contribution < 1.29 is 14.3 Å². The Hall–Kier alpha value is -2.41. The van der Waals surface area contributed by atoms with Crippen LogP contribution in [-0.2, 0) is 22.4 Å². The van der Waals surface area contributed by atoms with Gasteiger partial charge in [0, 0.05) is 28.6 Å². The normalized spacial score (nSPS) is 18.8. The second-order valence-electron chi connectivity index (χ2n) is 6.35. The molecule has 0 fully saturated rings. The van der Waals surface area contributed by atoms with E-state index in [9.17, 15) is 9.59 Å². The Balaban J connectivity index is 1.68. The smallest absolute Gasteiger partial charge is 0.411 e. The zero-order valence-corrected chi connectivity index (χ0v) is 14.7. The summed E-state index contributed by atoms with van der Waals surface area (Å²) >= 11 is 1.75. The van der Waals surface area contributed by atoms with Crippen LogP contribution < -0.4 is 10.6 Å². The van der Waals surface area contributed by atoms with Crippen LogP contribution in [0.5, 0.6) is 0 Å². The molecule has 1 aliphatic heterocycles. The van der Waals surface area contributed by atoms with Crippen LogP contribution in [0.25, 0.3) is 0 Å². The van der Waals surface area contributed by atoms with Crippen LogP contribution in [0, 0.1) is 0 Å². The van der Waals surface area contributed by atoms with Crippen LogP contribution in [0.15, 0.2) is 18.2 Å². The molecule has 1 aromatic heterocycles. The highest BCUT2D eigenvalue weighted by Crippen LogP contribution is 2.41. The van der Waals surface area contributed by atoms with Gasteiger partial charge in [0.15, 0.2) is 0 Å². The van der Waals surface area contributed by atoms with Crippen molar-refractivity contribution in [2.75, 3.05) is 17.7 Å². The maximum Gasteiger partial charge on any atom is 0.411 e. The molecule has 1 unspecified atom stereocenters. The monoisotopic (exact) mass is 357 g/mol. The van der Waals surface area contributed by atoms with Gasteiger partial charge in [-0.15, -0.1) is 11.3 Å². The van der Waals surface area contributed by atoms with E-state index < -0.39 is 6.09 Å². The van der Waals surface area contributed by atoms with Crippen LogP contribution in [0.2, 0.25) is 0 Å². The predicted octanol–water partition coefficient (Wildman–Crippen LogP) is 3.67. The van der Waals surface area contributed by atoms with Gasteiger partial charge in [-0.2, -0.15) is 0 Å². The number of hydrogen-bond acceptors (Lipinski definition) is 5. The standard InChI is InChI=1S/C18H19N3O3S/c1-24-18(23)19-10-6-7-11-12(9-16(22)20-14(11)8-10)17-21-13-4-2-3-5-15(13)25-17/h6-8,12H,2-5,9H2,1H3,(H,19,23)(H,20,22). The summed E-state index contributed by atoms with van der Waals surface area (Å²) in [5, 5.41) is 6.55. The Bertz CT molecular complexity index is 823. The molecule has 0 bridgehead atoms. The SMILES string of the molecule is COC(=O)Nc1ccc2c(c1)NC(=O)CC2c1nc2c(s1)CCCC2. The molecule has 2 N–H and O–H groups in total. The van der Waals surface area contributed by atoms with Crippen molar-refractivity contribution in [2.45, 2.75) is 38.0 Å². The number of nitrogens with zero attached hydrogens (tertiary/aromatic N) is 1. The third kappa shape index (κ3) is 3.11. The first kappa shape index (κ1) is 16.1. The van der Waals surface area contributed by atoms with Crippen LogP contribution in [0.1, 0.15) is 46.3 Å². The number of hydrogen-bond donors (Lipinski definition) is 2. The van der Waals surface area contributed by atoms with Gasteiger partial charge in [-0.05, 0) is 43.4 Å². The number of nitrogens with one attached hydrogen (secondary N) is 2. The van der Waals surface area contributed by atoms with E-state index in [1.54, 1.807) is 17.4 Å². The minimum Gasteiger partial charge on any atom is -0.453 e. The van der Waals surface area contributed by atoms with E-state index in [2.05, 4.69) is 15.4 Å². The molecule has 1 aromatic carbocycles. The number of fused-ring (bicyclic) bond motifs is 2. The van der Waals surface area contributed by atoms with Gasteiger partial charge < -0.3 is 10.1 Å². The van der Waals surface area contributed by atoms with Crippen molar-refractivity contribution >= 4 is 34.7 Å². The van der Waals surface area contributed by atoms with Crippen molar-refractivity contribution in [3.8, 4) is 0 Å². The van der Waals surface area contributed by atoms with Crippen molar-refractivity contribution in [3.05, 3.63) is 39.3 Å². The molecule has 0 spiro atoms. The zero-order chi connectivity index (χ0) is 17.4. The molecule has 4 rings (SSSR count). The maximum absolute atomic E-state index is 12.2. The molecule has 2 heterocycles.